The van der Waals surface area contributed by atoms with Crippen molar-refractivity contribution in [2.45, 2.75) is 19.4 Å². The van der Waals surface area contributed by atoms with Crippen molar-refractivity contribution in [3.63, 3.8) is 0 Å². The van der Waals surface area contributed by atoms with E-state index < -0.39 is 11.9 Å². The molecule has 0 radical (unpaired) electrons. The lowest BCUT2D eigenvalue weighted by atomic mass is 9.99. The predicted molar refractivity (Wildman–Crippen MR) is 101 cm³/mol. The van der Waals surface area contributed by atoms with E-state index in [1.807, 2.05) is 31.2 Å². The van der Waals surface area contributed by atoms with E-state index in [0.29, 0.717) is 17.4 Å². The van der Waals surface area contributed by atoms with Crippen LogP contribution in [0.1, 0.15) is 33.2 Å². The Bertz CT molecular complexity index is 1020. The first kappa shape index (κ1) is 17.3. The number of hydrogen-bond donors (Lipinski definition) is 2. The zero-order valence-corrected chi connectivity index (χ0v) is 15.2. The quantitative estimate of drug-likeness (QED) is 0.733. The number of carbonyl (C=O) groups excluding carboxylic acids is 2. The van der Waals surface area contributed by atoms with Gasteiger partial charge in [0.2, 0.25) is 5.91 Å². The van der Waals surface area contributed by atoms with E-state index in [4.69, 9.17) is 0 Å². The number of hydrogen-bond acceptors (Lipinski definition) is 2. The summed E-state index contributed by atoms with van der Waals surface area (Å²) in [7, 11) is 1.73. The fourth-order valence-electron chi connectivity index (χ4n) is 3.59. The number of nitrogens with one attached hydrogen (secondary N) is 2. The molecule has 0 aliphatic carbocycles. The molecule has 0 fully saturated rings. The zero-order valence-electron chi connectivity index (χ0n) is 15.2. The molecule has 0 bridgehead atoms. The minimum atomic E-state index is -0.765. The molecule has 0 saturated carbocycles. The number of halogens is 1. The van der Waals surface area contributed by atoms with Gasteiger partial charge >= 0.3 is 0 Å². The number of carbonyl (C=O) groups is 2. The van der Waals surface area contributed by atoms with Gasteiger partial charge in [-0.2, -0.15) is 0 Å². The first-order valence-electron chi connectivity index (χ1n) is 8.87. The Kier molecular flexibility index (Phi) is 4.18. The number of nitrogens with zero attached hydrogens (tertiary/aromatic N) is 1. The van der Waals surface area contributed by atoms with Gasteiger partial charge in [0.15, 0.2) is 0 Å². The second kappa shape index (κ2) is 6.54. The second-order valence-corrected chi connectivity index (χ2v) is 6.95. The summed E-state index contributed by atoms with van der Waals surface area (Å²) in [5, 5.41) is 3.19. The third-order valence-electron chi connectivity index (χ3n) is 5.17. The normalized spacial score (nSPS) is 16.9. The number of likely N-dealkylation sites (N-methyl/N-ethyl adjacent to an activating group) is 1. The lowest BCUT2D eigenvalue weighted by Crippen LogP contribution is -2.40. The summed E-state index contributed by atoms with van der Waals surface area (Å²) in [5.41, 5.74) is 3.51. The third kappa shape index (κ3) is 2.97. The van der Waals surface area contributed by atoms with Crippen molar-refractivity contribution in [2.75, 3.05) is 13.6 Å². The summed E-state index contributed by atoms with van der Waals surface area (Å²) in [6.07, 6.45) is 0.738. The highest BCUT2D eigenvalue weighted by Gasteiger charge is 2.30. The molecule has 3 aromatic rings. The number of rotatable bonds is 2. The van der Waals surface area contributed by atoms with Gasteiger partial charge in [-0.1, -0.05) is 30.3 Å². The average Bonchev–Trinajstić information content (AvgIpc) is 3.09. The van der Waals surface area contributed by atoms with Crippen LogP contribution in [0.4, 0.5) is 4.39 Å². The van der Waals surface area contributed by atoms with E-state index in [0.717, 1.165) is 23.1 Å². The fraction of sp³-hybridized carbons (Fsp3) is 0.238. The molecule has 2 aromatic carbocycles. The first-order valence-corrected chi connectivity index (χ1v) is 8.87. The van der Waals surface area contributed by atoms with Crippen LogP contribution in [-0.4, -0.2) is 35.3 Å². The zero-order chi connectivity index (χ0) is 19.1. The standard InChI is InChI=1S/C21H20FN3O2/c1-12-7-8-16(22)15-11-17(23-18(12)15)20(26)24-19-14-6-4-3-5-13(14)9-10-25(2)21(19)27/h3-8,11,19,23H,9-10H2,1-2H3,(H,24,26). The van der Waals surface area contributed by atoms with Gasteiger partial charge in [0, 0.05) is 19.0 Å². The van der Waals surface area contributed by atoms with Gasteiger partial charge in [0.25, 0.3) is 5.91 Å². The van der Waals surface area contributed by atoms with Crippen LogP contribution < -0.4 is 5.32 Å². The number of amides is 2. The van der Waals surface area contributed by atoms with Crippen LogP contribution >= 0.6 is 0 Å². The van der Waals surface area contributed by atoms with Crippen LogP contribution in [0.15, 0.2) is 42.5 Å². The van der Waals surface area contributed by atoms with Gasteiger partial charge in [-0.25, -0.2) is 4.39 Å². The molecule has 27 heavy (non-hydrogen) atoms. The van der Waals surface area contributed by atoms with Gasteiger partial charge in [-0.3, -0.25) is 9.59 Å². The SMILES string of the molecule is Cc1ccc(F)c2cc(C(=O)NC3C(=O)N(C)CCc4ccccc43)[nH]c12. The minimum Gasteiger partial charge on any atom is -0.350 e. The molecule has 138 valence electrons. The number of aromatic nitrogens is 1. The van der Waals surface area contributed by atoms with Gasteiger partial charge < -0.3 is 15.2 Å². The van der Waals surface area contributed by atoms with Crippen LogP contribution in [0.2, 0.25) is 0 Å². The van der Waals surface area contributed by atoms with Crippen molar-refractivity contribution < 1.29 is 14.0 Å². The van der Waals surface area contributed by atoms with Gasteiger partial charge in [0.1, 0.15) is 17.6 Å². The fourth-order valence-corrected chi connectivity index (χ4v) is 3.59. The highest BCUT2D eigenvalue weighted by molar-refractivity contribution is 6.01. The Morgan fingerprint density at radius 3 is 2.81 bits per heavy atom. The van der Waals surface area contributed by atoms with E-state index in [9.17, 15) is 14.0 Å². The van der Waals surface area contributed by atoms with Crippen molar-refractivity contribution in [2.24, 2.45) is 0 Å². The molecule has 1 atom stereocenters. The number of aromatic amines is 1. The molecule has 0 saturated heterocycles. The molecule has 2 amide bonds. The van der Waals surface area contributed by atoms with E-state index in [1.54, 1.807) is 18.0 Å². The maximum Gasteiger partial charge on any atom is 0.268 e. The van der Waals surface area contributed by atoms with Crippen molar-refractivity contribution >= 4 is 22.7 Å². The van der Waals surface area contributed by atoms with Crippen LogP contribution in [-0.2, 0) is 11.2 Å². The van der Waals surface area contributed by atoms with Crippen LogP contribution in [0.25, 0.3) is 10.9 Å². The molecule has 1 aliphatic rings. The maximum absolute atomic E-state index is 14.1. The number of fused-ring (bicyclic) bond motifs is 2. The highest BCUT2D eigenvalue weighted by Crippen LogP contribution is 2.26. The van der Waals surface area contributed by atoms with Crippen molar-refractivity contribution in [1.29, 1.82) is 0 Å². The molecular formula is C21H20FN3O2. The van der Waals surface area contributed by atoms with E-state index >= 15 is 0 Å². The van der Waals surface area contributed by atoms with E-state index in [2.05, 4.69) is 10.3 Å². The third-order valence-corrected chi connectivity index (χ3v) is 5.17. The van der Waals surface area contributed by atoms with E-state index in [-0.39, 0.29) is 17.4 Å². The first-order chi connectivity index (χ1) is 13.0. The Morgan fingerprint density at radius 2 is 2.04 bits per heavy atom. The smallest absolute Gasteiger partial charge is 0.268 e. The van der Waals surface area contributed by atoms with Gasteiger partial charge in [-0.15, -0.1) is 0 Å². The van der Waals surface area contributed by atoms with E-state index in [1.165, 1.54) is 12.1 Å². The predicted octanol–water partition coefficient (Wildman–Crippen LogP) is 3.10. The Labute approximate surface area is 156 Å². The molecule has 0 spiro atoms. The summed E-state index contributed by atoms with van der Waals surface area (Å²) < 4.78 is 14.1. The molecule has 1 aliphatic heterocycles. The van der Waals surface area contributed by atoms with Gasteiger partial charge in [-0.05, 0) is 42.2 Å². The minimum absolute atomic E-state index is 0.160. The topological polar surface area (TPSA) is 65.2 Å². The Morgan fingerprint density at radius 1 is 1.26 bits per heavy atom. The Hall–Kier alpha value is -3.15. The number of benzene rings is 2. The summed E-state index contributed by atoms with van der Waals surface area (Å²) >= 11 is 0. The average molecular weight is 365 g/mol. The molecule has 5 nitrogen and oxygen atoms in total. The largest absolute Gasteiger partial charge is 0.350 e. The molecule has 2 N–H and O–H groups in total. The monoisotopic (exact) mass is 365 g/mol. The van der Waals surface area contributed by atoms with Crippen LogP contribution in [0.3, 0.4) is 0 Å². The van der Waals surface area contributed by atoms with Crippen molar-refractivity contribution in [1.82, 2.24) is 15.2 Å². The number of H-pyrrole nitrogens is 1. The molecule has 6 heteroatoms. The lowest BCUT2D eigenvalue weighted by molar-refractivity contribution is -0.131. The molecule has 1 unspecified atom stereocenters. The molecule has 4 rings (SSSR count). The lowest BCUT2D eigenvalue weighted by Gasteiger charge is -2.21. The molecular weight excluding hydrogens is 345 g/mol. The Balaban J connectivity index is 1.70. The van der Waals surface area contributed by atoms with Crippen molar-refractivity contribution in [3.8, 4) is 0 Å². The molecule has 2 heterocycles. The van der Waals surface area contributed by atoms with Gasteiger partial charge in [0.05, 0.1) is 5.52 Å². The van der Waals surface area contributed by atoms with Crippen molar-refractivity contribution in [3.05, 3.63) is 70.7 Å². The summed E-state index contributed by atoms with van der Waals surface area (Å²) in [5.74, 6) is -0.984. The summed E-state index contributed by atoms with van der Waals surface area (Å²) in [4.78, 5) is 30.2. The molecule has 1 aromatic heterocycles. The maximum atomic E-state index is 14.1. The van der Waals surface area contributed by atoms with Crippen LogP contribution in [0.5, 0.6) is 0 Å². The number of aryl methyl sites for hydroxylation is 1. The highest BCUT2D eigenvalue weighted by atomic mass is 19.1. The van der Waals surface area contributed by atoms with Crippen LogP contribution in [0, 0.1) is 12.7 Å². The summed E-state index contributed by atoms with van der Waals surface area (Å²) in [6, 6.07) is 11.4. The second-order valence-electron chi connectivity index (χ2n) is 6.95. The summed E-state index contributed by atoms with van der Waals surface area (Å²) in [6.45, 7) is 2.44.